The van der Waals surface area contributed by atoms with E-state index in [1.54, 1.807) is 0 Å². The maximum Gasteiger partial charge on any atom is 0.252 e. The zero-order valence-electron chi connectivity index (χ0n) is 29.4. The molecule has 3 heteroatoms. The highest BCUT2D eigenvalue weighted by Gasteiger charge is 2.52. The monoisotopic (exact) mass is 674 g/mol. The average molecular weight is 675 g/mol. The summed E-state index contributed by atoms with van der Waals surface area (Å²) in [5.74, 6) is 0. The second-order valence-electron chi connectivity index (χ2n) is 14.5. The van der Waals surface area contributed by atoms with Gasteiger partial charge >= 0.3 is 0 Å². The summed E-state index contributed by atoms with van der Waals surface area (Å²) < 4.78 is 0. The van der Waals surface area contributed by atoms with Gasteiger partial charge in [0.1, 0.15) is 0 Å². The SMILES string of the molecule is CC1(c2ccccc2)c2cccc3c2B2c4c(cccc4N(c4ccccc4-c4ccccc4)c4cccc1c42)N3c1ccccc1-c1ccccc1. The molecule has 0 aromatic heterocycles. The van der Waals surface area contributed by atoms with Gasteiger partial charge in [-0.05, 0) is 87.5 Å². The summed E-state index contributed by atoms with van der Waals surface area (Å²) in [6, 6.07) is 71.6. The third-order valence-corrected chi connectivity index (χ3v) is 11.9. The van der Waals surface area contributed by atoms with E-state index >= 15 is 0 Å². The lowest BCUT2D eigenvalue weighted by Gasteiger charge is -2.51. The van der Waals surface area contributed by atoms with Gasteiger partial charge in [-0.2, -0.15) is 0 Å². The lowest BCUT2D eigenvalue weighted by atomic mass is 9.28. The van der Waals surface area contributed by atoms with Gasteiger partial charge in [-0.3, -0.25) is 0 Å². The lowest BCUT2D eigenvalue weighted by molar-refractivity contribution is 0.697. The Morgan fingerprint density at radius 3 is 1.17 bits per heavy atom. The summed E-state index contributed by atoms with van der Waals surface area (Å²) in [6.45, 7) is 2.53. The van der Waals surface area contributed by atoms with Crippen molar-refractivity contribution in [1.29, 1.82) is 0 Å². The van der Waals surface area contributed by atoms with Crippen LogP contribution in [0.15, 0.2) is 194 Å². The summed E-state index contributed by atoms with van der Waals surface area (Å²) in [4.78, 5) is 5.12. The number of hydrogen-bond acceptors (Lipinski definition) is 2. The number of hydrogen-bond donors (Lipinski definition) is 0. The summed E-state index contributed by atoms with van der Waals surface area (Å²) in [7, 11) is 0. The van der Waals surface area contributed by atoms with Crippen LogP contribution in [0.2, 0.25) is 0 Å². The van der Waals surface area contributed by atoms with Crippen LogP contribution in [-0.2, 0) is 5.41 Å². The molecule has 0 amide bonds. The quantitative estimate of drug-likeness (QED) is 0.168. The molecule has 0 bridgehead atoms. The van der Waals surface area contributed by atoms with Crippen LogP contribution in [-0.4, -0.2) is 6.71 Å². The van der Waals surface area contributed by atoms with Crippen LogP contribution in [0.4, 0.5) is 34.1 Å². The Morgan fingerprint density at radius 2 is 0.698 bits per heavy atom. The normalized spacial score (nSPS) is 14.2. The molecule has 0 saturated carbocycles. The van der Waals surface area contributed by atoms with E-state index in [1.807, 2.05) is 0 Å². The highest BCUT2D eigenvalue weighted by atomic mass is 15.2. The van der Waals surface area contributed by atoms with Gasteiger partial charge in [0.25, 0.3) is 6.71 Å². The van der Waals surface area contributed by atoms with E-state index in [2.05, 4.69) is 211 Å². The molecule has 0 spiro atoms. The second-order valence-corrected chi connectivity index (χ2v) is 14.5. The van der Waals surface area contributed by atoms with Crippen LogP contribution in [0.25, 0.3) is 22.3 Å². The van der Waals surface area contributed by atoms with E-state index in [-0.39, 0.29) is 12.1 Å². The Kier molecular flexibility index (Phi) is 6.51. The predicted octanol–water partition coefficient (Wildman–Crippen LogP) is 10.8. The highest BCUT2D eigenvalue weighted by molar-refractivity contribution is 7.01. The van der Waals surface area contributed by atoms with Crippen LogP contribution in [0.5, 0.6) is 0 Å². The number of benzene rings is 8. The zero-order chi connectivity index (χ0) is 35.1. The largest absolute Gasteiger partial charge is 0.311 e. The maximum absolute atomic E-state index is 2.56. The van der Waals surface area contributed by atoms with Gasteiger partial charge in [0, 0.05) is 39.3 Å². The van der Waals surface area contributed by atoms with E-state index < -0.39 is 0 Å². The van der Waals surface area contributed by atoms with Crippen molar-refractivity contribution in [3.05, 3.63) is 211 Å². The first-order valence-electron chi connectivity index (χ1n) is 18.6. The molecule has 0 unspecified atom stereocenters. The summed E-state index contributed by atoms with van der Waals surface area (Å²) in [5, 5.41) is 0. The van der Waals surface area contributed by atoms with Crippen molar-refractivity contribution in [1.82, 2.24) is 0 Å². The molecule has 53 heavy (non-hydrogen) atoms. The molecule has 0 radical (unpaired) electrons. The standard InChI is InChI=1S/C50H35BN2/c1-50(36-22-9-4-10-23-36)39-26-15-30-43-47(39)51-48-40(50)27-16-31-44(48)53(42-29-14-12-25-38(42)35-20-7-3-8-21-35)46-33-17-32-45(49(46)51)52(43)41-28-13-11-24-37(41)34-18-5-2-6-19-34/h2-33H,1H3. The average Bonchev–Trinajstić information content (AvgIpc) is 3.23. The molecule has 0 N–H and O–H groups in total. The van der Waals surface area contributed by atoms with Crippen molar-refractivity contribution in [2.24, 2.45) is 0 Å². The zero-order valence-corrected chi connectivity index (χ0v) is 29.4. The van der Waals surface area contributed by atoms with Crippen molar-refractivity contribution < 1.29 is 0 Å². The number of nitrogens with zero attached hydrogens (tertiary/aromatic N) is 2. The van der Waals surface area contributed by atoms with E-state index in [0.29, 0.717) is 0 Å². The molecule has 248 valence electrons. The van der Waals surface area contributed by atoms with Gasteiger partial charge in [0.05, 0.1) is 11.4 Å². The molecular weight excluding hydrogens is 639 g/mol. The number of para-hydroxylation sites is 2. The van der Waals surface area contributed by atoms with Gasteiger partial charge < -0.3 is 9.80 Å². The first-order chi connectivity index (χ1) is 26.2. The van der Waals surface area contributed by atoms with Crippen LogP contribution in [0, 0.1) is 0 Å². The minimum Gasteiger partial charge on any atom is -0.311 e. The minimum absolute atomic E-state index is 0.0793. The fourth-order valence-electron chi connectivity index (χ4n) is 9.70. The van der Waals surface area contributed by atoms with Crippen molar-refractivity contribution >= 4 is 57.2 Å². The third-order valence-electron chi connectivity index (χ3n) is 11.9. The topological polar surface area (TPSA) is 6.48 Å². The van der Waals surface area contributed by atoms with Crippen LogP contribution < -0.4 is 26.2 Å². The van der Waals surface area contributed by atoms with Gasteiger partial charge in [-0.15, -0.1) is 0 Å². The van der Waals surface area contributed by atoms with Crippen LogP contribution in [0.1, 0.15) is 23.6 Å². The lowest BCUT2D eigenvalue weighted by Crippen LogP contribution is -2.67. The first kappa shape index (κ1) is 30.1. The number of rotatable bonds is 5. The Balaban J connectivity index is 1.28. The molecule has 11 rings (SSSR count). The fourth-order valence-corrected chi connectivity index (χ4v) is 9.70. The van der Waals surface area contributed by atoms with E-state index in [9.17, 15) is 0 Å². The van der Waals surface area contributed by atoms with E-state index in [0.717, 1.165) is 0 Å². The summed E-state index contributed by atoms with van der Waals surface area (Å²) in [6.07, 6.45) is 0. The fraction of sp³-hybridized carbons (Fsp3) is 0.0400. The van der Waals surface area contributed by atoms with Gasteiger partial charge in [0.2, 0.25) is 0 Å². The molecule has 0 atom stereocenters. The van der Waals surface area contributed by atoms with Crippen LogP contribution >= 0.6 is 0 Å². The Bertz CT molecular complexity index is 2540. The van der Waals surface area contributed by atoms with Crippen molar-refractivity contribution in [2.45, 2.75) is 12.3 Å². The third kappa shape index (κ3) is 4.16. The molecule has 3 aliphatic rings. The van der Waals surface area contributed by atoms with Gasteiger partial charge in [0.15, 0.2) is 0 Å². The molecule has 0 aliphatic carbocycles. The van der Waals surface area contributed by atoms with Crippen LogP contribution in [0.3, 0.4) is 0 Å². The van der Waals surface area contributed by atoms with E-state index in [4.69, 9.17) is 0 Å². The summed E-state index contributed by atoms with van der Waals surface area (Å²) in [5.41, 5.74) is 20.0. The molecule has 2 nitrogen and oxygen atoms in total. The Labute approximate surface area is 311 Å². The van der Waals surface area contributed by atoms with Crippen molar-refractivity contribution in [2.75, 3.05) is 9.80 Å². The van der Waals surface area contributed by atoms with Gasteiger partial charge in [-0.1, -0.05) is 158 Å². The predicted molar refractivity (Wildman–Crippen MR) is 223 cm³/mol. The highest BCUT2D eigenvalue weighted by Crippen LogP contribution is 2.52. The Morgan fingerprint density at radius 1 is 0.340 bits per heavy atom. The minimum atomic E-state index is -0.381. The molecule has 3 heterocycles. The summed E-state index contributed by atoms with van der Waals surface area (Å²) >= 11 is 0. The molecule has 3 aliphatic heterocycles. The van der Waals surface area contributed by atoms with E-state index in [1.165, 1.54) is 89.5 Å². The number of anilines is 6. The molecule has 8 aromatic carbocycles. The van der Waals surface area contributed by atoms with Crippen molar-refractivity contribution in [3.8, 4) is 22.3 Å². The Hall–Kier alpha value is -6.58. The molecule has 8 aromatic rings. The van der Waals surface area contributed by atoms with Crippen molar-refractivity contribution in [3.63, 3.8) is 0 Å². The smallest absolute Gasteiger partial charge is 0.252 e. The molecule has 0 saturated heterocycles. The molecular formula is C50H35BN2. The molecule has 0 fully saturated rings. The first-order valence-corrected chi connectivity index (χ1v) is 18.6. The maximum atomic E-state index is 2.56. The van der Waals surface area contributed by atoms with Gasteiger partial charge in [-0.25, -0.2) is 0 Å². The second kappa shape index (κ2) is 11.5.